The summed E-state index contributed by atoms with van der Waals surface area (Å²) in [4.78, 5) is 22.7. The van der Waals surface area contributed by atoms with Gasteiger partial charge in [-0.05, 0) is 19.9 Å². The van der Waals surface area contributed by atoms with Crippen molar-refractivity contribution in [1.29, 1.82) is 0 Å². The van der Waals surface area contributed by atoms with E-state index in [2.05, 4.69) is 15.3 Å². The Labute approximate surface area is 130 Å². The topological polar surface area (TPSA) is 115 Å². The van der Waals surface area contributed by atoms with Crippen LogP contribution in [0.1, 0.15) is 23.0 Å². The highest BCUT2D eigenvalue weighted by Gasteiger charge is 2.25. The summed E-state index contributed by atoms with van der Waals surface area (Å²) in [5, 5.41) is 22.1. The molecule has 1 N–H and O–H groups in total. The van der Waals surface area contributed by atoms with Crippen LogP contribution in [0.15, 0.2) is 24.3 Å². The SMILES string of the molecule is CCOC(=O)c1c(C)[nH]n2c(-c3ccccc3[N+](=O)[O-])nnc12. The number of nitrogens with zero attached hydrogens (tertiary/aromatic N) is 4. The summed E-state index contributed by atoms with van der Waals surface area (Å²) in [6.45, 7) is 3.64. The van der Waals surface area contributed by atoms with Gasteiger partial charge in [0.2, 0.25) is 0 Å². The molecule has 0 spiro atoms. The van der Waals surface area contributed by atoms with Crippen molar-refractivity contribution >= 4 is 17.3 Å². The lowest BCUT2D eigenvalue weighted by Gasteiger charge is -1.99. The molecule has 23 heavy (non-hydrogen) atoms. The minimum Gasteiger partial charge on any atom is -0.462 e. The first kappa shape index (κ1) is 14.7. The Hall–Kier alpha value is -3.23. The Morgan fingerprint density at radius 3 is 2.83 bits per heavy atom. The first-order chi connectivity index (χ1) is 11.0. The van der Waals surface area contributed by atoms with Gasteiger partial charge >= 0.3 is 5.97 Å². The van der Waals surface area contributed by atoms with Gasteiger partial charge < -0.3 is 4.74 Å². The highest BCUT2D eigenvalue weighted by molar-refractivity contribution is 5.97. The standard InChI is InChI=1S/C14H13N5O4/c1-3-23-14(20)11-8(2)17-18-12(15-16-13(11)18)9-6-4-5-7-10(9)19(21)22/h4-7,17H,3H2,1-2H3. The van der Waals surface area contributed by atoms with Crippen LogP contribution < -0.4 is 0 Å². The molecular weight excluding hydrogens is 302 g/mol. The van der Waals surface area contributed by atoms with Crippen LogP contribution in [0.2, 0.25) is 0 Å². The number of fused-ring (bicyclic) bond motifs is 1. The molecule has 118 valence electrons. The molecule has 1 aromatic carbocycles. The average Bonchev–Trinajstić information content (AvgIpc) is 3.04. The Morgan fingerprint density at radius 2 is 2.13 bits per heavy atom. The monoisotopic (exact) mass is 315 g/mol. The van der Waals surface area contributed by atoms with Crippen LogP contribution in [0.25, 0.3) is 17.0 Å². The van der Waals surface area contributed by atoms with Crippen molar-refractivity contribution < 1.29 is 14.5 Å². The lowest BCUT2D eigenvalue weighted by atomic mass is 10.2. The Kier molecular flexibility index (Phi) is 3.53. The number of H-pyrrole nitrogens is 1. The molecular formula is C14H13N5O4. The van der Waals surface area contributed by atoms with Crippen molar-refractivity contribution in [2.45, 2.75) is 13.8 Å². The largest absolute Gasteiger partial charge is 0.462 e. The average molecular weight is 315 g/mol. The van der Waals surface area contributed by atoms with Gasteiger partial charge in [0, 0.05) is 11.8 Å². The van der Waals surface area contributed by atoms with Crippen LogP contribution in [-0.4, -0.2) is 37.3 Å². The molecule has 3 aromatic rings. The number of para-hydroxylation sites is 1. The summed E-state index contributed by atoms with van der Waals surface area (Å²) in [6, 6.07) is 6.21. The summed E-state index contributed by atoms with van der Waals surface area (Å²) < 4.78 is 6.45. The van der Waals surface area contributed by atoms with Crippen molar-refractivity contribution in [2.24, 2.45) is 0 Å². The number of carbonyl (C=O) groups excluding carboxylic acids is 1. The van der Waals surface area contributed by atoms with Crippen molar-refractivity contribution in [1.82, 2.24) is 19.8 Å². The zero-order valence-electron chi connectivity index (χ0n) is 12.4. The minimum atomic E-state index is -0.516. The summed E-state index contributed by atoms with van der Waals surface area (Å²) >= 11 is 0. The third-order valence-corrected chi connectivity index (χ3v) is 3.36. The number of ether oxygens (including phenoxy) is 1. The van der Waals surface area contributed by atoms with Gasteiger partial charge in [-0.2, -0.15) is 0 Å². The number of nitro groups is 1. The van der Waals surface area contributed by atoms with E-state index in [0.29, 0.717) is 11.3 Å². The van der Waals surface area contributed by atoms with Crippen LogP contribution in [0.5, 0.6) is 0 Å². The Bertz CT molecular complexity index is 911. The van der Waals surface area contributed by atoms with Gasteiger partial charge in [-0.1, -0.05) is 12.1 Å². The second kappa shape index (κ2) is 5.52. The lowest BCUT2D eigenvalue weighted by Crippen LogP contribution is -2.05. The van der Waals surface area contributed by atoms with Gasteiger partial charge in [-0.15, -0.1) is 10.2 Å². The van der Waals surface area contributed by atoms with Gasteiger partial charge in [0.1, 0.15) is 5.56 Å². The lowest BCUT2D eigenvalue weighted by molar-refractivity contribution is -0.384. The van der Waals surface area contributed by atoms with Crippen LogP contribution in [-0.2, 0) is 4.74 Å². The molecule has 0 aliphatic heterocycles. The molecule has 9 nitrogen and oxygen atoms in total. The number of nitro benzene ring substituents is 1. The van der Waals surface area contributed by atoms with E-state index >= 15 is 0 Å². The normalized spacial score (nSPS) is 10.9. The summed E-state index contributed by atoms with van der Waals surface area (Å²) in [7, 11) is 0. The predicted octanol–water partition coefficient (Wildman–Crippen LogP) is 2.12. The molecule has 0 fully saturated rings. The summed E-state index contributed by atoms with van der Waals surface area (Å²) in [6.07, 6.45) is 0. The van der Waals surface area contributed by atoms with Crippen LogP contribution >= 0.6 is 0 Å². The summed E-state index contributed by atoms with van der Waals surface area (Å²) in [5.41, 5.74) is 1.31. The van der Waals surface area contributed by atoms with Gasteiger partial charge in [-0.3, -0.25) is 15.2 Å². The van der Waals surface area contributed by atoms with E-state index in [1.807, 2.05) is 0 Å². The van der Waals surface area contributed by atoms with Gasteiger partial charge in [0.15, 0.2) is 11.5 Å². The first-order valence-corrected chi connectivity index (χ1v) is 6.89. The number of aromatic amines is 1. The molecule has 0 radical (unpaired) electrons. The van der Waals surface area contributed by atoms with Gasteiger partial charge in [0.25, 0.3) is 5.69 Å². The number of aromatic nitrogens is 4. The fraction of sp³-hybridized carbons (Fsp3) is 0.214. The molecule has 3 rings (SSSR count). The van der Waals surface area contributed by atoms with E-state index in [9.17, 15) is 14.9 Å². The number of aryl methyl sites for hydroxylation is 1. The molecule has 0 atom stereocenters. The maximum Gasteiger partial charge on any atom is 0.343 e. The van der Waals surface area contributed by atoms with Crippen LogP contribution in [0, 0.1) is 17.0 Å². The highest BCUT2D eigenvalue weighted by atomic mass is 16.6. The second-order valence-electron chi connectivity index (χ2n) is 4.79. The molecule has 0 aliphatic rings. The van der Waals surface area contributed by atoms with Crippen molar-refractivity contribution in [2.75, 3.05) is 6.61 Å². The van der Waals surface area contributed by atoms with Gasteiger partial charge in [-0.25, -0.2) is 9.31 Å². The van der Waals surface area contributed by atoms with E-state index in [4.69, 9.17) is 4.74 Å². The molecule has 0 aliphatic carbocycles. The maximum absolute atomic E-state index is 12.0. The molecule has 0 unspecified atom stereocenters. The van der Waals surface area contributed by atoms with E-state index in [-0.39, 0.29) is 29.3 Å². The number of hydrogen-bond acceptors (Lipinski definition) is 6. The third-order valence-electron chi connectivity index (χ3n) is 3.36. The van der Waals surface area contributed by atoms with Crippen molar-refractivity contribution in [3.05, 3.63) is 45.6 Å². The molecule has 0 saturated carbocycles. The van der Waals surface area contributed by atoms with Crippen LogP contribution in [0.4, 0.5) is 5.69 Å². The van der Waals surface area contributed by atoms with Gasteiger partial charge in [0.05, 0.1) is 17.1 Å². The smallest absolute Gasteiger partial charge is 0.343 e. The maximum atomic E-state index is 12.0. The molecule has 9 heteroatoms. The van der Waals surface area contributed by atoms with E-state index < -0.39 is 10.9 Å². The zero-order chi connectivity index (χ0) is 16.6. The Balaban J connectivity index is 2.21. The van der Waals surface area contributed by atoms with Crippen molar-refractivity contribution in [3.8, 4) is 11.4 Å². The second-order valence-corrected chi connectivity index (χ2v) is 4.79. The highest BCUT2D eigenvalue weighted by Crippen LogP contribution is 2.29. The fourth-order valence-electron chi connectivity index (χ4n) is 2.39. The van der Waals surface area contributed by atoms with Crippen molar-refractivity contribution in [3.63, 3.8) is 0 Å². The fourth-order valence-corrected chi connectivity index (χ4v) is 2.39. The first-order valence-electron chi connectivity index (χ1n) is 6.89. The van der Waals surface area contributed by atoms with E-state index in [0.717, 1.165) is 0 Å². The van der Waals surface area contributed by atoms with E-state index in [1.165, 1.54) is 10.6 Å². The summed E-state index contributed by atoms with van der Waals surface area (Å²) in [5.74, 6) is -0.260. The Morgan fingerprint density at radius 1 is 1.39 bits per heavy atom. The minimum absolute atomic E-state index is 0.0910. The number of rotatable bonds is 4. The molecule has 2 aromatic heterocycles. The molecule has 0 bridgehead atoms. The molecule has 2 heterocycles. The molecule has 0 saturated heterocycles. The third kappa shape index (κ3) is 2.31. The predicted molar refractivity (Wildman–Crippen MR) is 80.1 cm³/mol. The quantitative estimate of drug-likeness (QED) is 0.448. The zero-order valence-corrected chi connectivity index (χ0v) is 12.4. The number of esters is 1. The number of hydrogen-bond donors (Lipinski definition) is 1. The molecule has 0 amide bonds. The number of benzene rings is 1. The van der Waals surface area contributed by atoms with E-state index in [1.54, 1.807) is 32.0 Å². The number of carbonyl (C=O) groups is 1. The number of nitrogens with one attached hydrogen (secondary N) is 1. The van der Waals surface area contributed by atoms with Crippen LogP contribution in [0.3, 0.4) is 0 Å².